The summed E-state index contributed by atoms with van der Waals surface area (Å²) < 4.78 is 5.06. The number of hydrogen-bond acceptors (Lipinski definition) is 4. The lowest BCUT2D eigenvalue weighted by atomic mass is 9.95. The number of nitrogens with one attached hydrogen (secondary N) is 1. The molecule has 0 aliphatic carbocycles. The maximum Gasteiger partial charge on any atom is 0.341 e. The van der Waals surface area contributed by atoms with E-state index in [1.54, 1.807) is 29.2 Å². The van der Waals surface area contributed by atoms with Crippen LogP contribution >= 0.6 is 0 Å². The fourth-order valence-corrected chi connectivity index (χ4v) is 2.90. The molecule has 0 saturated carbocycles. The highest BCUT2D eigenvalue weighted by Gasteiger charge is 2.29. The first kappa shape index (κ1) is 19.8. The molecule has 1 fully saturated rings. The quantitative estimate of drug-likeness (QED) is 0.776. The van der Waals surface area contributed by atoms with E-state index in [9.17, 15) is 14.4 Å². The first-order chi connectivity index (χ1) is 12.4. The maximum absolute atomic E-state index is 12.5. The molecule has 1 aromatic carbocycles. The SMILES string of the molecule is CCC(C)C(=O)N1CCCC(C(=O)Nc2ccc(OCC(=O)O)cc2)C1. The van der Waals surface area contributed by atoms with Crippen LogP contribution in [0.2, 0.25) is 0 Å². The molecule has 7 nitrogen and oxygen atoms in total. The Morgan fingerprint density at radius 1 is 1.31 bits per heavy atom. The van der Waals surface area contributed by atoms with Gasteiger partial charge < -0.3 is 20.1 Å². The summed E-state index contributed by atoms with van der Waals surface area (Å²) >= 11 is 0. The molecule has 7 heteroatoms. The van der Waals surface area contributed by atoms with Crippen LogP contribution in [0.1, 0.15) is 33.1 Å². The Labute approximate surface area is 153 Å². The number of carboxylic acid groups (broad SMARTS) is 1. The van der Waals surface area contributed by atoms with E-state index in [1.165, 1.54) is 0 Å². The summed E-state index contributed by atoms with van der Waals surface area (Å²) in [5.74, 6) is -0.852. The molecule has 2 N–H and O–H groups in total. The van der Waals surface area contributed by atoms with E-state index in [4.69, 9.17) is 9.84 Å². The van der Waals surface area contributed by atoms with E-state index in [2.05, 4.69) is 5.32 Å². The summed E-state index contributed by atoms with van der Waals surface area (Å²) in [6.45, 7) is 4.66. The van der Waals surface area contributed by atoms with Crippen LogP contribution in [0.25, 0.3) is 0 Å². The Hall–Kier alpha value is -2.57. The lowest BCUT2D eigenvalue weighted by Gasteiger charge is -2.33. The van der Waals surface area contributed by atoms with E-state index >= 15 is 0 Å². The standard InChI is InChI=1S/C19H26N2O5/c1-3-13(2)19(25)21-10-4-5-14(11-21)18(24)20-15-6-8-16(9-7-15)26-12-17(22)23/h6-9,13-14H,3-5,10-12H2,1-2H3,(H,20,24)(H,22,23). The largest absolute Gasteiger partial charge is 0.482 e. The summed E-state index contributed by atoms with van der Waals surface area (Å²) in [6, 6.07) is 6.55. The number of ether oxygens (including phenoxy) is 1. The van der Waals surface area contributed by atoms with Crippen molar-refractivity contribution < 1.29 is 24.2 Å². The molecule has 1 aliphatic rings. The molecule has 0 radical (unpaired) electrons. The van der Waals surface area contributed by atoms with Gasteiger partial charge in [-0.2, -0.15) is 0 Å². The molecule has 1 aromatic rings. The topological polar surface area (TPSA) is 95.9 Å². The second-order valence-electron chi connectivity index (χ2n) is 6.63. The predicted molar refractivity (Wildman–Crippen MR) is 97.0 cm³/mol. The zero-order chi connectivity index (χ0) is 19.1. The van der Waals surface area contributed by atoms with Crippen molar-refractivity contribution in [2.45, 2.75) is 33.1 Å². The van der Waals surface area contributed by atoms with E-state index < -0.39 is 12.6 Å². The van der Waals surface area contributed by atoms with Crippen LogP contribution in [0.4, 0.5) is 5.69 Å². The first-order valence-corrected chi connectivity index (χ1v) is 8.95. The number of piperidine rings is 1. The van der Waals surface area contributed by atoms with Gasteiger partial charge in [-0.3, -0.25) is 9.59 Å². The van der Waals surface area contributed by atoms with Gasteiger partial charge in [-0.1, -0.05) is 13.8 Å². The van der Waals surface area contributed by atoms with Crippen LogP contribution in [0.15, 0.2) is 24.3 Å². The molecule has 1 saturated heterocycles. The van der Waals surface area contributed by atoms with Crippen LogP contribution in [-0.2, 0) is 14.4 Å². The van der Waals surface area contributed by atoms with Gasteiger partial charge in [0, 0.05) is 24.7 Å². The summed E-state index contributed by atoms with van der Waals surface area (Å²) in [4.78, 5) is 37.1. The van der Waals surface area contributed by atoms with Gasteiger partial charge in [0.05, 0.1) is 5.92 Å². The molecule has 1 aliphatic heterocycles. The maximum atomic E-state index is 12.5. The fraction of sp³-hybridized carbons (Fsp3) is 0.526. The molecule has 26 heavy (non-hydrogen) atoms. The molecule has 2 rings (SSSR count). The van der Waals surface area contributed by atoms with Crippen molar-refractivity contribution in [3.63, 3.8) is 0 Å². The Bertz CT molecular complexity index is 644. The molecular formula is C19H26N2O5. The van der Waals surface area contributed by atoms with E-state index in [1.807, 2.05) is 13.8 Å². The van der Waals surface area contributed by atoms with Gasteiger partial charge >= 0.3 is 5.97 Å². The summed E-state index contributed by atoms with van der Waals surface area (Å²) in [6.07, 6.45) is 2.38. The molecule has 0 spiro atoms. The summed E-state index contributed by atoms with van der Waals surface area (Å²) in [5, 5.41) is 11.5. The van der Waals surface area contributed by atoms with Crippen LogP contribution < -0.4 is 10.1 Å². The Kier molecular flexibility index (Phi) is 7.00. The Balaban J connectivity index is 1.90. The second kappa shape index (κ2) is 9.22. The number of nitrogens with zero attached hydrogens (tertiary/aromatic N) is 1. The molecule has 0 bridgehead atoms. The first-order valence-electron chi connectivity index (χ1n) is 8.95. The number of carboxylic acids is 1. The number of carbonyl (C=O) groups is 3. The number of rotatable bonds is 7. The molecule has 0 aromatic heterocycles. The third kappa shape index (κ3) is 5.47. The molecule has 2 amide bonds. The zero-order valence-corrected chi connectivity index (χ0v) is 15.2. The van der Waals surface area contributed by atoms with Gasteiger partial charge in [0.15, 0.2) is 6.61 Å². The third-order valence-electron chi connectivity index (χ3n) is 4.62. The van der Waals surface area contributed by atoms with Crippen LogP contribution in [-0.4, -0.2) is 47.5 Å². The minimum Gasteiger partial charge on any atom is -0.482 e. The minimum absolute atomic E-state index is 0.0184. The normalized spacial score (nSPS) is 18.1. The van der Waals surface area contributed by atoms with Crippen molar-refractivity contribution in [1.29, 1.82) is 0 Å². The van der Waals surface area contributed by atoms with Crippen LogP contribution in [0.3, 0.4) is 0 Å². The Morgan fingerprint density at radius 3 is 2.62 bits per heavy atom. The number of carbonyl (C=O) groups excluding carboxylic acids is 2. The lowest BCUT2D eigenvalue weighted by molar-refractivity contribution is -0.139. The third-order valence-corrected chi connectivity index (χ3v) is 4.62. The van der Waals surface area contributed by atoms with E-state index in [0.717, 1.165) is 19.3 Å². The van der Waals surface area contributed by atoms with Gasteiger partial charge in [-0.15, -0.1) is 0 Å². The monoisotopic (exact) mass is 362 g/mol. The average molecular weight is 362 g/mol. The van der Waals surface area contributed by atoms with Crippen LogP contribution in [0.5, 0.6) is 5.75 Å². The number of benzene rings is 1. The number of aliphatic carboxylic acids is 1. The molecular weight excluding hydrogens is 336 g/mol. The van der Waals surface area contributed by atoms with Crippen molar-refractivity contribution in [1.82, 2.24) is 4.90 Å². The van der Waals surface area contributed by atoms with Crippen molar-refractivity contribution >= 4 is 23.5 Å². The fourth-order valence-electron chi connectivity index (χ4n) is 2.90. The van der Waals surface area contributed by atoms with Gasteiger partial charge in [0.25, 0.3) is 0 Å². The average Bonchev–Trinajstić information content (AvgIpc) is 2.66. The van der Waals surface area contributed by atoms with Crippen molar-refractivity contribution in [3.8, 4) is 5.75 Å². The predicted octanol–water partition coefficient (Wildman–Crippen LogP) is 2.37. The highest BCUT2D eigenvalue weighted by Crippen LogP contribution is 2.22. The number of amides is 2. The van der Waals surface area contributed by atoms with Crippen molar-refractivity contribution in [2.24, 2.45) is 11.8 Å². The van der Waals surface area contributed by atoms with Crippen LogP contribution in [0, 0.1) is 11.8 Å². The lowest BCUT2D eigenvalue weighted by Crippen LogP contribution is -2.45. The highest BCUT2D eigenvalue weighted by molar-refractivity contribution is 5.93. The van der Waals surface area contributed by atoms with Gasteiger partial charge in [0.1, 0.15) is 5.75 Å². The smallest absolute Gasteiger partial charge is 0.341 e. The molecule has 142 valence electrons. The summed E-state index contributed by atoms with van der Waals surface area (Å²) in [7, 11) is 0. The van der Waals surface area contributed by atoms with E-state index in [0.29, 0.717) is 24.5 Å². The number of anilines is 1. The van der Waals surface area contributed by atoms with Gasteiger partial charge in [0.2, 0.25) is 11.8 Å². The number of likely N-dealkylation sites (tertiary alicyclic amines) is 1. The Morgan fingerprint density at radius 2 is 2.00 bits per heavy atom. The van der Waals surface area contributed by atoms with E-state index in [-0.39, 0.29) is 23.7 Å². The minimum atomic E-state index is -1.05. The van der Waals surface area contributed by atoms with Crippen molar-refractivity contribution in [2.75, 3.05) is 25.0 Å². The van der Waals surface area contributed by atoms with Gasteiger partial charge in [-0.05, 0) is 43.5 Å². The zero-order valence-electron chi connectivity index (χ0n) is 15.2. The highest BCUT2D eigenvalue weighted by atomic mass is 16.5. The summed E-state index contributed by atoms with van der Waals surface area (Å²) in [5.41, 5.74) is 0.614. The number of hydrogen-bond donors (Lipinski definition) is 2. The molecule has 2 unspecified atom stereocenters. The second-order valence-corrected chi connectivity index (χ2v) is 6.63. The van der Waals surface area contributed by atoms with Gasteiger partial charge in [-0.25, -0.2) is 4.79 Å². The van der Waals surface area contributed by atoms with Crippen molar-refractivity contribution in [3.05, 3.63) is 24.3 Å². The molecule has 1 heterocycles. The molecule has 2 atom stereocenters.